The molecule has 1 aromatic carbocycles. The maximum atomic E-state index is 13.0. The molecular weight excluding hydrogens is 402 g/mol. The first-order valence-electron chi connectivity index (χ1n) is 10.1. The minimum Gasteiger partial charge on any atom is -0.453 e. The number of nitrogens with zero attached hydrogens (tertiary/aromatic N) is 1. The summed E-state index contributed by atoms with van der Waals surface area (Å²) in [5.41, 5.74) is 4.53. The van der Waals surface area contributed by atoms with Gasteiger partial charge in [0.05, 0.1) is 19.2 Å². The third kappa shape index (κ3) is 3.79. The molecule has 2 aliphatic rings. The summed E-state index contributed by atoms with van der Waals surface area (Å²) < 4.78 is 4.82. The Bertz CT molecular complexity index is 1010. The maximum Gasteiger partial charge on any atom is 0.409 e. The molecule has 8 heteroatoms. The van der Waals surface area contributed by atoms with Crippen LogP contribution in [0.4, 0.5) is 9.80 Å². The van der Waals surface area contributed by atoms with Gasteiger partial charge in [-0.15, -0.1) is 11.3 Å². The van der Waals surface area contributed by atoms with E-state index >= 15 is 0 Å². The first-order valence-corrected chi connectivity index (χ1v) is 11.0. The molecule has 2 aromatic rings. The van der Waals surface area contributed by atoms with Crippen molar-refractivity contribution in [2.24, 2.45) is 0 Å². The summed E-state index contributed by atoms with van der Waals surface area (Å²) in [6, 6.07) is 5.86. The van der Waals surface area contributed by atoms with Crippen molar-refractivity contribution in [1.82, 2.24) is 10.2 Å². The smallest absolute Gasteiger partial charge is 0.409 e. The maximum absolute atomic E-state index is 13.0. The molecule has 0 spiro atoms. The van der Waals surface area contributed by atoms with Crippen LogP contribution in [0.25, 0.3) is 0 Å². The molecule has 1 aliphatic carbocycles. The highest BCUT2D eigenvalue weighted by molar-refractivity contribution is 7.17. The minimum atomic E-state index is -0.393. The Kier molecular flexibility index (Phi) is 5.76. The molecule has 4 rings (SSSR count). The van der Waals surface area contributed by atoms with Crippen LogP contribution in [-0.2, 0) is 30.5 Å². The number of benzene rings is 1. The minimum absolute atomic E-state index is 0.225. The quantitative estimate of drug-likeness (QED) is 0.786. The predicted octanol–water partition coefficient (Wildman–Crippen LogP) is 3.36. The molecule has 0 bridgehead atoms. The van der Waals surface area contributed by atoms with Crippen molar-refractivity contribution in [2.45, 2.75) is 38.6 Å². The Hall–Kier alpha value is -2.87. The van der Waals surface area contributed by atoms with Crippen molar-refractivity contribution in [3.63, 3.8) is 0 Å². The second-order valence-electron chi connectivity index (χ2n) is 7.57. The fourth-order valence-corrected chi connectivity index (χ4v) is 5.45. The average molecular weight is 428 g/mol. The molecule has 0 unspecified atom stereocenters. The van der Waals surface area contributed by atoms with E-state index in [2.05, 4.69) is 10.6 Å². The van der Waals surface area contributed by atoms with Crippen molar-refractivity contribution >= 4 is 34.2 Å². The standard InChI is InChI=1S/C22H25N3O4S/c1-23-20(27)18-16-9-10-25(22(28)29-2)12-17(16)30-21(18)24-19(26)15-8-7-13-5-3-4-6-14(13)11-15/h7-8,11H,3-6,9-10,12H2,1-2H3,(H,23,27)(H,24,26). The van der Waals surface area contributed by atoms with E-state index in [0.29, 0.717) is 35.6 Å². The summed E-state index contributed by atoms with van der Waals surface area (Å²) in [7, 11) is 2.93. The van der Waals surface area contributed by atoms with Gasteiger partial charge < -0.3 is 20.3 Å². The predicted molar refractivity (Wildman–Crippen MR) is 115 cm³/mol. The van der Waals surface area contributed by atoms with E-state index in [4.69, 9.17) is 4.74 Å². The Morgan fingerprint density at radius 3 is 2.57 bits per heavy atom. The van der Waals surface area contributed by atoms with Gasteiger partial charge in [-0.05, 0) is 60.9 Å². The molecule has 1 aliphatic heterocycles. The number of hydrogen-bond donors (Lipinski definition) is 2. The van der Waals surface area contributed by atoms with Crippen LogP contribution in [-0.4, -0.2) is 43.5 Å². The van der Waals surface area contributed by atoms with Gasteiger partial charge in [-0.2, -0.15) is 0 Å². The van der Waals surface area contributed by atoms with Crippen molar-refractivity contribution < 1.29 is 19.1 Å². The number of methoxy groups -OCH3 is 1. The van der Waals surface area contributed by atoms with Gasteiger partial charge in [0.2, 0.25) is 0 Å². The van der Waals surface area contributed by atoms with E-state index in [0.717, 1.165) is 29.7 Å². The van der Waals surface area contributed by atoms with Gasteiger partial charge in [-0.3, -0.25) is 9.59 Å². The highest BCUT2D eigenvalue weighted by Crippen LogP contribution is 2.37. The molecule has 30 heavy (non-hydrogen) atoms. The van der Waals surface area contributed by atoms with Gasteiger partial charge in [-0.25, -0.2) is 4.79 Å². The summed E-state index contributed by atoms with van der Waals surface area (Å²) in [6.45, 7) is 0.837. The number of anilines is 1. The number of hydrogen-bond acceptors (Lipinski definition) is 5. The number of nitrogens with one attached hydrogen (secondary N) is 2. The molecule has 2 N–H and O–H groups in total. The van der Waals surface area contributed by atoms with Gasteiger partial charge in [0.25, 0.3) is 11.8 Å². The Labute approximate surface area is 179 Å². The van der Waals surface area contributed by atoms with Gasteiger partial charge >= 0.3 is 6.09 Å². The summed E-state index contributed by atoms with van der Waals surface area (Å²) in [5.74, 6) is -0.461. The number of fused-ring (bicyclic) bond motifs is 2. The number of carbonyl (C=O) groups excluding carboxylic acids is 3. The van der Waals surface area contributed by atoms with Gasteiger partial charge in [0.15, 0.2) is 0 Å². The zero-order chi connectivity index (χ0) is 21.3. The monoisotopic (exact) mass is 427 g/mol. The van der Waals surface area contributed by atoms with E-state index in [1.54, 1.807) is 11.9 Å². The van der Waals surface area contributed by atoms with Gasteiger partial charge in [0, 0.05) is 24.0 Å². The highest BCUT2D eigenvalue weighted by atomic mass is 32.1. The van der Waals surface area contributed by atoms with Crippen molar-refractivity contribution in [1.29, 1.82) is 0 Å². The van der Waals surface area contributed by atoms with Crippen LogP contribution in [0.2, 0.25) is 0 Å². The molecule has 3 amide bonds. The van der Waals surface area contributed by atoms with Crippen LogP contribution >= 0.6 is 11.3 Å². The van der Waals surface area contributed by atoms with Crippen LogP contribution < -0.4 is 10.6 Å². The molecule has 7 nitrogen and oxygen atoms in total. The molecule has 1 aromatic heterocycles. The summed E-state index contributed by atoms with van der Waals surface area (Å²) in [5, 5.41) is 6.14. The lowest BCUT2D eigenvalue weighted by molar-refractivity contribution is 0.0962. The Morgan fingerprint density at radius 1 is 1.07 bits per heavy atom. The van der Waals surface area contributed by atoms with E-state index in [-0.39, 0.29) is 11.8 Å². The van der Waals surface area contributed by atoms with E-state index in [1.165, 1.54) is 36.0 Å². The zero-order valence-corrected chi connectivity index (χ0v) is 18.0. The van der Waals surface area contributed by atoms with Gasteiger partial charge in [-0.1, -0.05) is 6.07 Å². The lowest BCUT2D eigenvalue weighted by Crippen LogP contribution is -2.35. The lowest BCUT2D eigenvalue weighted by Gasteiger charge is -2.25. The molecule has 0 saturated heterocycles. The number of ether oxygens (including phenoxy) is 1. The summed E-state index contributed by atoms with van der Waals surface area (Å²) >= 11 is 1.35. The zero-order valence-electron chi connectivity index (χ0n) is 17.2. The average Bonchev–Trinajstić information content (AvgIpc) is 3.14. The molecule has 0 saturated carbocycles. The van der Waals surface area contributed by atoms with E-state index in [1.807, 2.05) is 18.2 Å². The van der Waals surface area contributed by atoms with Crippen LogP contribution in [0.5, 0.6) is 0 Å². The SMILES string of the molecule is CNC(=O)c1c(NC(=O)c2ccc3c(c2)CCCC3)sc2c1CCN(C(=O)OC)C2. The second kappa shape index (κ2) is 8.47. The third-order valence-electron chi connectivity index (χ3n) is 5.78. The summed E-state index contributed by atoms with van der Waals surface area (Å²) in [6.07, 6.45) is 4.54. The fraction of sp³-hybridized carbons (Fsp3) is 0.409. The molecule has 0 fully saturated rings. The number of thiophene rings is 1. The number of carbonyl (C=O) groups is 3. The topological polar surface area (TPSA) is 87.7 Å². The van der Waals surface area contributed by atoms with E-state index < -0.39 is 6.09 Å². The Balaban J connectivity index is 1.62. The molecule has 0 atom stereocenters. The van der Waals surface area contributed by atoms with Gasteiger partial charge in [0.1, 0.15) is 5.00 Å². The van der Waals surface area contributed by atoms with Crippen LogP contribution in [0, 0.1) is 0 Å². The van der Waals surface area contributed by atoms with E-state index in [9.17, 15) is 14.4 Å². The molecule has 2 heterocycles. The molecular formula is C22H25N3O4S. The van der Waals surface area contributed by atoms with Crippen LogP contribution in [0.15, 0.2) is 18.2 Å². The van der Waals surface area contributed by atoms with Crippen LogP contribution in [0.3, 0.4) is 0 Å². The lowest BCUT2D eigenvalue weighted by atomic mass is 9.90. The molecule has 158 valence electrons. The number of aryl methyl sites for hydroxylation is 2. The first-order chi connectivity index (χ1) is 14.5. The number of rotatable bonds is 3. The van der Waals surface area contributed by atoms with Crippen molar-refractivity contribution in [3.05, 3.63) is 50.9 Å². The van der Waals surface area contributed by atoms with Crippen molar-refractivity contribution in [2.75, 3.05) is 26.0 Å². The number of amides is 3. The van der Waals surface area contributed by atoms with Crippen molar-refractivity contribution in [3.8, 4) is 0 Å². The molecule has 0 radical (unpaired) electrons. The Morgan fingerprint density at radius 2 is 1.83 bits per heavy atom. The normalized spacial score (nSPS) is 15.1. The summed E-state index contributed by atoms with van der Waals surface area (Å²) in [4.78, 5) is 40.0. The largest absolute Gasteiger partial charge is 0.453 e. The highest BCUT2D eigenvalue weighted by Gasteiger charge is 2.30. The fourth-order valence-electron chi connectivity index (χ4n) is 4.19. The third-order valence-corrected chi connectivity index (χ3v) is 6.91. The van der Waals surface area contributed by atoms with Crippen LogP contribution in [0.1, 0.15) is 55.1 Å². The first kappa shape index (κ1) is 20.4. The second-order valence-corrected chi connectivity index (χ2v) is 8.68.